The molecule has 0 saturated carbocycles. The molecule has 3 rings (SSSR count). The second-order valence-electron chi connectivity index (χ2n) is 6.83. The molecule has 22 heavy (non-hydrogen) atoms. The summed E-state index contributed by atoms with van der Waals surface area (Å²) in [6, 6.07) is 5.82. The number of aromatic nitrogens is 2. The zero-order chi connectivity index (χ0) is 16.3. The molecule has 5 heteroatoms. The van der Waals surface area contributed by atoms with E-state index >= 15 is 0 Å². The molecule has 0 saturated heterocycles. The standard InChI is InChI=1S/C17H19F3N2/c1-10-8-16(3,4)12-6-5-7-13(14(10)12)22-9-11(2)15(21-22)17(18,19)20/h5-7,9-10H,8H2,1-4H3/t10-/m0/s1. The van der Waals surface area contributed by atoms with E-state index in [0.29, 0.717) is 5.92 Å². The number of benzene rings is 1. The topological polar surface area (TPSA) is 17.8 Å². The van der Waals surface area contributed by atoms with Gasteiger partial charge in [-0.05, 0) is 47.4 Å². The van der Waals surface area contributed by atoms with Crippen LogP contribution in [0.2, 0.25) is 0 Å². The Kier molecular flexibility index (Phi) is 3.17. The van der Waals surface area contributed by atoms with Gasteiger partial charge in [-0.1, -0.05) is 32.9 Å². The van der Waals surface area contributed by atoms with Crippen molar-refractivity contribution in [2.75, 3.05) is 0 Å². The van der Waals surface area contributed by atoms with Crippen LogP contribution in [0, 0.1) is 6.92 Å². The van der Waals surface area contributed by atoms with Gasteiger partial charge in [0.05, 0.1) is 5.69 Å². The summed E-state index contributed by atoms with van der Waals surface area (Å²) in [4.78, 5) is 0. The van der Waals surface area contributed by atoms with Gasteiger partial charge in [-0.25, -0.2) is 4.68 Å². The van der Waals surface area contributed by atoms with Crippen LogP contribution in [0.5, 0.6) is 0 Å². The molecule has 0 unspecified atom stereocenters. The lowest BCUT2D eigenvalue weighted by Gasteiger charge is -2.19. The van der Waals surface area contributed by atoms with Gasteiger partial charge in [0.2, 0.25) is 0 Å². The van der Waals surface area contributed by atoms with Gasteiger partial charge in [0.15, 0.2) is 5.69 Å². The van der Waals surface area contributed by atoms with Gasteiger partial charge >= 0.3 is 6.18 Å². The van der Waals surface area contributed by atoms with Gasteiger partial charge in [-0.2, -0.15) is 18.3 Å². The van der Waals surface area contributed by atoms with E-state index in [2.05, 4.69) is 31.9 Å². The number of hydrogen-bond donors (Lipinski definition) is 0. The fourth-order valence-corrected chi connectivity index (χ4v) is 3.70. The first-order valence-corrected chi connectivity index (χ1v) is 7.38. The highest BCUT2D eigenvalue weighted by molar-refractivity contribution is 5.54. The third-order valence-electron chi connectivity index (χ3n) is 4.53. The molecule has 1 aromatic carbocycles. The van der Waals surface area contributed by atoms with E-state index in [1.165, 1.54) is 23.4 Å². The normalized spacial score (nSPS) is 20.2. The third kappa shape index (κ3) is 2.23. The Balaban J connectivity index is 2.18. The molecule has 1 aliphatic rings. The molecule has 0 fully saturated rings. The molecule has 1 atom stereocenters. The summed E-state index contributed by atoms with van der Waals surface area (Å²) < 4.78 is 40.3. The summed E-state index contributed by atoms with van der Waals surface area (Å²) in [6.07, 6.45) is -1.96. The molecule has 0 radical (unpaired) electrons. The summed E-state index contributed by atoms with van der Waals surface area (Å²) in [5.41, 5.74) is 2.46. The van der Waals surface area contributed by atoms with Crippen LogP contribution in [-0.2, 0) is 11.6 Å². The molecular weight excluding hydrogens is 289 g/mol. The van der Waals surface area contributed by atoms with Gasteiger partial charge in [-0.3, -0.25) is 0 Å². The highest BCUT2D eigenvalue weighted by Gasteiger charge is 2.38. The Morgan fingerprint density at radius 1 is 1.27 bits per heavy atom. The SMILES string of the molecule is Cc1cn(-c2cccc3c2[C@@H](C)CC3(C)C)nc1C(F)(F)F. The van der Waals surface area contributed by atoms with Crippen molar-refractivity contribution >= 4 is 0 Å². The molecule has 1 aromatic heterocycles. The molecule has 118 valence electrons. The van der Waals surface area contributed by atoms with Gasteiger partial charge in [0, 0.05) is 6.20 Å². The van der Waals surface area contributed by atoms with Crippen molar-refractivity contribution in [3.8, 4) is 5.69 Å². The minimum Gasteiger partial charge on any atom is -0.240 e. The number of nitrogens with zero attached hydrogens (tertiary/aromatic N) is 2. The van der Waals surface area contributed by atoms with Crippen LogP contribution >= 0.6 is 0 Å². The summed E-state index contributed by atoms with van der Waals surface area (Å²) in [6.45, 7) is 7.92. The minimum atomic E-state index is -4.42. The fraction of sp³-hybridized carbons (Fsp3) is 0.471. The number of fused-ring (bicyclic) bond motifs is 1. The van der Waals surface area contributed by atoms with Crippen molar-refractivity contribution in [2.45, 2.75) is 51.6 Å². The van der Waals surface area contributed by atoms with Crippen molar-refractivity contribution in [2.24, 2.45) is 0 Å². The zero-order valence-corrected chi connectivity index (χ0v) is 13.1. The lowest BCUT2D eigenvalue weighted by atomic mass is 9.86. The van der Waals surface area contributed by atoms with E-state index in [0.717, 1.165) is 17.7 Å². The molecule has 0 aliphatic heterocycles. The smallest absolute Gasteiger partial charge is 0.240 e. The zero-order valence-electron chi connectivity index (χ0n) is 13.1. The fourth-order valence-electron chi connectivity index (χ4n) is 3.70. The average molecular weight is 308 g/mol. The third-order valence-corrected chi connectivity index (χ3v) is 4.53. The van der Waals surface area contributed by atoms with Gasteiger partial charge < -0.3 is 0 Å². The minimum absolute atomic E-state index is 0.0415. The average Bonchev–Trinajstić information content (AvgIpc) is 2.88. The summed E-state index contributed by atoms with van der Waals surface area (Å²) in [5.74, 6) is 0.306. The molecule has 0 N–H and O–H groups in total. The molecule has 2 aromatic rings. The largest absolute Gasteiger partial charge is 0.435 e. The van der Waals surface area contributed by atoms with Crippen LogP contribution in [0.3, 0.4) is 0 Å². The number of hydrogen-bond acceptors (Lipinski definition) is 1. The van der Waals surface area contributed by atoms with Crippen molar-refractivity contribution in [1.29, 1.82) is 0 Å². The van der Waals surface area contributed by atoms with Crippen molar-refractivity contribution in [3.63, 3.8) is 0 Å². The lowest BCUT2D eigenvalue weighted by Crippen LogP contribution is -2.12. The van der Waals surface area contributed by atoms with E-state index in [-0.39, 0.29) is 11.0 Å². The Morgan fingerprint density at radius 3 is 2.55 bits per heavy atom. The Bertz CT molecular complexity index is 726. The first-order valence-electron chi connectivity index (χ1n) is 7.38. The molecule has 0 bridgehead atoms. The van der Waals surface area contributed by atoms with Gasteiger partial charge in [0.1, 0.15) is 0 Å². The Morgan fingerprint density at radius 2 is 1.95 bits per heavy atom. The van der Waals surface area contributed by atoms with Crippen LogP contribution in [-0.4, -0.2) is 9.78 Å². The summed E-state index contributed by atoms with van der Waals surface area (Å²) in [5, 5.41) is 3.80. The monoisotopic (exact) mass is 308 g/mol. The van der Waals surface area contributed by atoms with E-state index in [1.54, 1.807) is 0 Å². The van der Waals surface area contributed by atoms with E-state index in [4.69, 9.17) is 0 Å². The number of rotatable bonds is 1. The molecule has 0 amide bonds. The van der Waals surface area contributed by atoms with E-state index < -0.39 is 11.9 Å². The van der Waals surface area contributed by atoms with Crippen molar-refractivity contribution in [1.82, 2.24) is 9.78 Å². The van der Waals surface area contributed by atoms with Crippen LogP contribution in [0.15, 0.2) is 24.4 Å². The quantitative estimate of drug-likeness (QED) is 0.726. The molecule has 1 aliphatic carbocycles. The first-order chi connectivity index (χ1) is 10.1. The Labute approximate surface area is 128 Å². The Hall–Kier alpha value is -1.78. The van der Waals surface area contributed by atoms with E-state index in [1.807, 2.05) is 12.1 Å². The second kappa shape index (κ2) is 4.61. The highest BCUT2D eigenvalue weighted by atomic mass is 19.4. The van der Waals surface area contributed by atoms with Crippen molar-refractivity contribution < 1.29 is 13.2 Å². The maximum atomic E-state index is 13.0. The van der Waals surface area contributed by atoms with Gasteiger partial charge in [-0.15, -0.1) is 0 Å². The van der Waals surface area contributed by atoms with Crippen LogP contribution in [0.1, 0.15) is 55.5 Å². The second-order valence-corrected chi connectivity index (χ2v) is 6.83. The maximum Gasteiger partial charge on any atom is 0.435 e. The number of aryl methyl sites for hydroxylation is 1. The summed E-state index contributed by atoms with van der Waals surface area (Å²) in [7, 11) is 0. The predicted molar refractivity (Wildman–Crippen MR) is 79.4 cm³/mol. The molecule has 0 spiro atoms. The molecular formula is C17H19F3N2. The predicted octanol–water partition coefficient (Wildman–Crippen LogP) is 4.98. The van der Waals surface area contributed by atoms with E-state index in [9.17, 15) is 13.2 Å². The van der Waals surface area contributed by atoms with Crippen LogP contribution in [0.25, 0.3) is 5.69 Å². The summed E-state index contributed by atoms with van der Waals surface area (Å²) >= 11 is 0. The van der Waals surface area contributed by atoms with Crippen LogP contribution < -0.4 is 0 Å². The van der Waals surface area contributed by atoms with Gasteiger partial charge in [0.25, 0.3) is 0 Å². The maximum absolute atomic E-state index is 13.0. The highest BCUT2D eigenvalue weighted by Crippen LogP contribution is 2.47. The van der Waals surface area contributed by atoms with Crippen LogP contribution in [0.4, 0.5) is 13.2 Å². The lowest BCUT2D eigenvalue weighted by molar-refractivity contribution is -0.141. The number of alkyl halides is 3. The number of halogens is 3. The molecule has 1 heterocycles. The molecule has 2 nitrogen and oxygen atoms in total. The van der Waals surface area contributed by atoms with Crippen molar-refractivity contribution in [3.05, 3.63) is 46.8 Å². The first kappa shape index (κ1) is 15.1.